The molecule has 0 aromatic heterocycles. The van der Waals surface area contributed by atoms with Crippen molar-refractivity contribution in [3.8, 4) is 0 Å². The van der Waals surface area contributed by atoms with E-state index in [0.717, 1.165) is 6.54 Å². The first-order chi connectivity index (χ1) is 5.99. The minimum atomic E-state index is -0.0914. The molecule has 0 aliphatic carbocycles. The molecule has 0 saturated heterocycles. The van der Waals surface area contributed by atoms with Gasteiger partial charge in [-0.2, -0.15) is 0 Å². The lowest BCUT2D eigenvalue weighted by atomic mass is 9.85. The Kier molecular flexibility index (Phi) is 5.51. The van der Waals surface area contributed by atoms with E-state index >= 15 is 0 Å². The third-order valence-corrected chi connectivity index (χ3v) is 2.44. The van der Waals surface area contributed by atoms with E-state index in [1.165, 1.54) is 0 Å². The summed E-state index contributed by atoms with van der Waals surface area (Å²) < 4.78 is 0. The zero-order valence-corrected chi connectivity index (χ0v) is 9.35. The molecule has 0 aliphatic heterocycles. The Hall–Kier alpha value is -0.730. The van der Waals surface area contributed by atoms with Gasteiger partial charge in [-0.05, 0) is 17.8 Å². The van der Waals surface area contributed by atoms with Gasteiger partial charge in [0.05, 0.1) is 0 Å². The van der Waals surface area contributed by atoms with Crippen molar-refractivity contribution in [1.29, 1.82) is 0 Å². The molecule has 0 rings (SSSR count). The molecule has 2 N–H and O–H groups in total. The van der Waals surface area contributed by atoms with Crippen LogP contribution in [0.5, 0.6) is 0 Å². The second kappa shape index (κ2) is 5.84. The Labute approximate surface area is 81.3 Å². The molecule has 0 atom stereocenters. The van der Waals surface area contributed by atoms with Crippen LogP contribution in [-0.2, 0) is 0 Å². The van der Waals surface area contributed by atoms with Gasteiger partial charge in [-0.15, -0.1) is 0 Å². The van der Waals surface area contributed by atoms with Gasteiger partial charge in [0.15, 0.2) is 0 Å². The molecule has 78 valence electrons. The minimum Gasteiger partial charge on any atom is -0.341 e. The summed E-state index contributed by atoms with van der Waals surface area (Å²) in [5.41, 5.74) is 0. The standard InChI is InChI=1S/C10H22N2O/c1-7(2)9(8(3)4)6-12-10(13)11-5/h7-9H,6H2,1-5H3,(H2,11,12,13). The number of hydrogen-bond donors (Lipinski definition) is 2. The Morgan fingerprint density at radius 1 is 1.15 bits per heavy atom. The van der Waals surface area contributed by atoms with Gasteiger partial charge < -0.3 is 10.6 Å². The van der Waals surface area contributed by atoms with E-state index in [1.54, 1.807) is 7.05 Å². The Bertz CT molecular complexity index is 147. The summed E-state index contributed by atoms with van der Waals surface area (Å²) in [5.74, 6) is 1.77. The minimum absolute atomic E-state index is 0.0914. The summed E-state index contributed by atoms with van der Waals surface area (Å²) in [4.78, 5) is 10.9. The van der Waals surface area contributed by atoms with Crippen LogP contribution in [0.15, 0.2) is 0 Å². The molecule has 0 radical (unpaired) electrons. The maximum absolute atomic E-state index is 10.9. The van der Waals surface area contributed by atoms with Gasteiger partial charge in [0, 0.05) is 13.6 Å². The number of carbonyl (C=O) groups excluding carboxylic acids is 1. The first-order valence-electron chi connectivity index (χ1n) is 4.94. The van der Waals surface area contributed by atoms with Gasteiger partial charge in [0.2, 0.25) is 0 Å². The van der Waals surface area contributed by atoms with Crippen LogP contribution < -0.4 is 10.6 Å². The van der Waals surface area contributed by atoms with Crippen molar-refractivity contribution in [2.45, 2.75) is 27.7 Å². The molecule has 3 nitrogen and oxygen atoms in total. The van der Waals surface area contributed by atoms with Crippen molar-refractivity contribution >= 4 is 6.03 Å². The van der Waals surface area contributed by atoms with E-state index < -0.39 is 0 Å². The fourth-order valence-electron chi connectivity index (χ4n) is 1.54. The summed E-state index contributed by atoms with van der Waals surface area (Å²) in [5, 5.41) is 5.39. The van der Waals surface area contributed by atoms with Crippen LogP contribution in [0.1, 0.15) is 27.7 Å². The maximum atomic E-state index is 10.9. The average Bonchev–Trinajstić information content (AvgIpc) is 2.03. The topological polar surface area (TPSA) is 41.1 Å². The lowest BCUT2D eigenvalue weighted by Crippen LogP contribution is -2.38. The molecule has 0 fully saturated rings. The monoisotopic (exact) mass is 186 g/mol. The van der Waals surface area contributed by atoms with Gasteiger partial charge >= 0.3 is 6.03 Å². The number of amides is 2. The normalized spacial score (nSPS) is 11.1. The smallest absolute Gasteiger partial charge is 0.314 e. The van der Waals surface area contributed by atoms with E-state index in [0.29, 0.717) is 17.8 Å². The summed E-state index contributed by atoms with van der Waals surface area (Å²) in [7, 11) is 1.63. The summed E-state index contributed by atoms with van der Waals surface area (Å²) in [6, 6.07) is -0.0914. The zero-order chi connectivity index (χ0) is 10.4. The van der Waals surface area contributed by atoms with Crippen LogP contribution in [0.4, 0.5) is 4.79 Å². The highest BCUT2D eigenvalue weighted by Gasteiger charge is 2.17. The van der Waals surface area contributed by atoms with E-state index in [1.807, 2.05) is 0 Å². The largest absolute Gasteiger partial charge is 0.341 e. The van der Waals surface area contributed by atoms with Gasteiger partial charge in [0.25, 0.3) is 0 Å². The van der Waals surface area contributed by atoms with Crippen molar-refractivity contribution in [3.63, 3.8) is 0 Å². The van der Waals surface area contributed by atoms with Gasteiger partial charge in [-0.25, -0.2) is 4.79 Å². The molecule has 0 spiro atoms. The molecular formula is C10H22N2O. The Balaban J connectivity index is 3.90. The Morgan fingerprint density at radius 2 is 1.62 bits per heavy atom. The van der Waals surface area contributed by atoms with E-state index in [-0.39, 0.29) is 6.03 Å². The second-order valence-corrected chi connectivity index (χ2v) is 4.11. The summed E-state index contributed by atoms with van der Waals surface area (Å²) in [6.07, 6.45) is 0. The summed E-state index contributed by atoms with van der Waals surface area (Å²) in [6.45, 7) is 9.52. The fourth-order valence-corrected chi connectivity index (χ4v) is 1.54. The molecule has 0 heterocycles. The first-order valence-corrected chi connectivity index (χ1v) is 4.94. The SMILES string of the molecule is CNC(=O)NCC(C(C)C)C(C)C. The third-order valence-electron chi connectivity index (χ3n) is 2.44. The number of urea groups is 1. The number of carbonyl (C=O) groups is 1. The number of nitrogens with one attached hydrogen (secondary N) is 2. The summed E-state index contributed by atoms with van der Waals surface area (Å²) >= 11 is 0. The van der Waals surface area contributed by atoms with Crippen molar-refractivity contribution in [2.75, 3.05) is 13.6 Å². The quantitative estimate of drug-likeness (QED) is 0.691. The van der Waals surface area contributed by atoms with Crippen LogP contribution in [0, 0.1) is 17.8 Å². The lowest BCUT2D eigenvalue weighted by molar-refractivity contribution is 0.231. The zero-order valence-electron chi connectivity index (χ0n) is 9.35. The molecular weight excluding hydrogens is 164 g/mol. The van der Waals surface area contributed by atoms with Crippen LogP contribution >= 0.6 is 0 Å². The van der Waals surface area contributed by atoms with Gasteiger partial charge in [-0.3, -0.25) is 0 Å². The Morgan fingerprint density at radius 3 is 1.92 bits per heavy atom. The first kappa shape index (κ1) is 12.3. The molecule has 2 amide bonds. The molecule has 3 heteroatoms. The van der Waals surface area contributed by atoms with Crippen LogP contribution in [0.2, 0.25) is 0 Å². The highest BCUT2D eigenvalue weighted by Crippen LogP contribution is 2.19. The molecule has 0 aromatic rings. The van der Waals surface area contributed by atoms with Gasteiger partial charge in [-0.1, -0.05) is 27.7 Å². The van der Waals surface area contributed by atoms with Crippen molar-refractivity contribution in [2.24, 2.45) is 17.8 Å². The molecule has 0 saturated carbocycles. The molecule has 0 aromatic carbocycles. The number of rotatable bonds is 4. The molecule has 0 bridgehead atoms. The molecule has 0 aliphatic rings. The van der Waals surface area contributed by atoms with E-state index in [2.05, 4.69) is 38.3 Å². The van der Waals surface area contributed by atoms with E-state index in [9.17, 15) is 4.79 Å². The predicted molar refractivity (Wildman–Crippen MR) is 55.6 cm³/mol. The average molecular weight is 186 g/mol. The van der Waals surface area contributed by atoms with Crippen molar-refractivity contribution in [3.05, 3.63) is 0 Å². The van der Waals surface area contributed by atoms with Crippen molar-refractivity contribution in [1.82, 2.24) is 10.6 Å². The van der Waals surface area contributed by atoms with Crippen molar-refractivity contribution < 1.29 is 4.79 Å². The maximum Gasteiger partial charge on any atom is 0.314 e. The predicted octanol–water partition coefficient (Wildman–Crippen LogP) is 1.84. The number of hydrogen-bond acceptors (Lipinski definition) is 1. The van der Waals surface area contributed by atoms with E-state index in [4.69, 9.17) is 0 Å². The molecule has 0 unspecified atom stereocenters. The third kappa shape index (κ3) is 4.76. The van der Waals surface area contributed by atoms with Crippen LogP contribution in [0.3, 0.4) is 0 Å². The second-order valence-electron chi connectivity index (χ2n) is 4.11. The highest BCUT2D eigenvalue weighted by atomic mass is 16.2. The lowest BCUT2D eigenvalue weighted by Gasteiger charge is -2.24. The van der Waals surface area contributed by atoms with Gasteiger partial charge in [0.1, 0.15) is 0 Å². The van der Waals surface area contributed by atoms with Crippen LogP contribution in [0.25, 0.3) is 0 Å². The highest BCUT2D eigenvalue weighted by molar-refractivity contribution is 5.73. The van der Waals surface area contributed by atoms with Crippen LogP contribution in [-0.4, -0.2) is 19.6 Å². The molecule has 13 heavy (non-hydrogen) atoms. The fraction of sp³-hybridized carbons (Fsp3) is 0.900.